The highest BCUT2D eigenvalue weighted by Crippen LogP contribution is 2.34. The van der Waals surface area contributed by atoms with E-state index in [4.69, 9.17) is 16.3 Å². The monoisotopic (exact) mass is 512 g/mol. The summed E-state index contributed by atoms with van der Waals surface area (Å²) in [6, 6.07) is 14.1. The number of hydrogen-bond donors (Lipinski definition) is 2. The Balaban J connectivity index is 1.49. The highest BCUT2D eigenvalue weighted by Gasteiger charge is 2.16. The lowest BCUT2D eigenvalue weighted by atomic mass is 10.0. The zero-order valence-corrected chi connectivity index (χ0v) is 20.7. The number of nitrogens with zero attached hydrogens (tertiary/aromatic N) is 5. The van der Waals surface area contributed by atoms with Crippen LogP contribution in [0.3, 0.4) is 0 Å². The Kier molecular flexibility index (Phi) is 6.34. The molecule has 4 heterocycles. The molecule has 184 valence electrons. The van der Waals surface area contributed by atoms with E-state index in [0.717, 1.165) is 22.2 Å². The predicted molar refractivity (Wildman–Crippen MR) is 139 cm³/mol. The quantitative estimate of drug-likeness (QED) is 0.338. The first kappa shape index (κ1) is 24.0. The minimum Gasteiger partial charge on any atom is -0.504 e. The predicted octanol–water partition coefficient (Wildman–Crippen LogP) is 4.66. The summed E-state index contributed by atoms with van der Waals surface area (Å²) >= 11 is 6.58. The summed E-state index contributed by atoms with van der Waals surface area (Å²) in [7, 11) is 0. The summed E-state index contributed by atoms with van der Waals surface area (Å²) in [4.78, 5) is 21.8. The summed E-state index contributed by atoms with van der Waals surface area (Å²) in [5.41, 5.74) is 4.22. The molecular weight excluding hydrogens is 492 g/mol. The standard InChI is InChI=1S/C27H21ClN6O3/c1-15-8-20(26-25(35)12-30-33-26)19-10-18(5-6-23(19)31-15)37-14-21-22(28)9-16(2)32-24(21)13-34-7-3-4-17(11-29)27(34)36/h3-10,12,35H,13-14H2,1-2H3,(H,30,33). The van der Waals surface area contributed by atoms with E-state index in [-0.39, 0.29) is 24.5 Å². The van der Waals surface area contributed by atoms with Crippen LogP contribution in [0, 0.1) is 25.2 Å². The molecule has 0 atom stereocenters. The van der Waals surface area contributed by atoms with Gasteiger partial charge in [-0.3, -0.25) is 19.9 Å². The number of aromatic amines is 1. The summed E-state index contributed by atoms with van der Waals surface area (Å²) in [5.74, 6) is 0.594. The number of aryl methyl sites for hydroxylation is 2. The smallest absolute Gasteiger partial charge is 0.268 e. The van der Waals surface area contributed by atoms with Crippen LogP contribution in [0.5, 0.6) is 11.5 Å². The maximum atomic E-state index is 12.6. The number of aromatic hydroxyl groups is 1. The zero-order chi connectivity index (χ0) is 26.1. The maximum absolute atomic E-state index is 12.6. The second kappa shape index (κ2) is 9.76. The van der Waals surface area contributed by atoms with Crippen molar-refractivity contribution in [3.8, 4) is 28.8 Å². The molecule has 37 heavy (non-hydrogen) atoms. The molecule has 0 amide bonds. The molecule has 0 radical (unpaired) electrons. The third-order valence-electron chi connectivity index (χ3n) is 5.91. The van der Waals surface area contributed by atoms with Crippen LogP contribution in [-0.4, -0.2) is 29.8 Å². The number of nitriles is 1. The first-order chi connectivity index (χ1) is 17.8. The van der Waals surface area contributed by atoms with E-state index in [1.165, 1.54) is 16.8 Å². The van der Waals surface area contributed by atoms with Gasteiger partial charge >= 0.3 is 0 Å². The number of nitrogens with one attached hydrogen (secondary N) is 1. The highest BCUT2D eigenvalue weighted by molar-refractivity contribution is 6.31. The molecule has 1 aromatic carbocycles. The van der Waals surface area contributed by atoms with Crippen LogP contribution in [0.2, 0.25) is 5.02 Å². The highest BCUT2D eigenvalue weighted by atomic mass is 35.5. The fourth-order valence-electron chi connectivity index (χ4n) is 4.17. The van der Waals surface area contributed by atoms with Gasteiger partial charge in [-0.05, 0) is 56.3 Å². The molecule has 0 bridgehead atoms. The maximum Gasteiger partial charge on any atom is 0.268 e. The van der Waals surface area contributed by atoms with Crippen LogP contribution < -0.4 is 10.3 Å². The van der Waals surface area contributed by atoms with Gasteiger partial charge in [-0.25, -0.2) is 0 Å². The van der Waals surface area contributed by atoms with E-state index in [0.29, 0.717) is 33.4 Å². The van der Waals surface area contributed by atoms with Crippen LogP contribution in [0.1, 0.15) is 28.2 Å². The van der Waals surface area contributed by atoms with Crippen LogP contribution in [0.4, 0.5) is 0 Å². The van der Waals surface area contributed by atoms with E-state index in [1.54, 1.807) is 24.4 Å². The molecular formula is C27H21ClN6O3. The SMILES string of the molecule is Cc1cc(Cl)c(COc2ccc3nc(C)cc(-c4n[nH]cc4O)c3c2)c(Cn2cccc(C#N)c2=O)n1. The van der Waals surface area contributed by atoms with E-state index in [9.17, 15) is 15.2 Å². The summed E-state index contributed by atoms with van der Waals surface area (Å²) in [5, 5.41) is 27.5. The van der Waals surface area contributed by atoms with Crippen molar-refractivity contribution < 1.29 is 9.84 Å². The van der Waals surface area contributed by atoms with Gasteiger partial charge in [0, 0.05) is 34.1 Å². The number of H-pyrrole nitrogens is 1. The Morgan fingerprint density at radius 1 is 1.16 bits per heavy atom. The summed E-state index contributed by atoms with van der Waals surface area (Å²) in [6.45, 7) is 3.93. The first-order valence-electron chi connectivity index (χ1n) is 11.4. The first-order valence-corrected chi connectivity index (χ1v) is 11.7. The number of halogens is 1. The molecule has 0 saturated heterocycles. The molecule has 5 aromatic rings. The second-order valence-electron chi connectivity index (χ2n) is 8.54. The van der Waals surface area contributed by atoms with Crippen molar-refractivity contribution in [1.29, 1.82) is 5.26 Å². The molecule has 0 unspecified atom stereocenters. The lowest BCUT2D eigenvalue weighted by molar-refractivity contribution is 0.304. The van der Waals surface area contributed by atoms with Gasteiger partial charge in [-0.2, -0.15) is 10.4 Å². The molecule has 9 nitrogen and oxygen atoms in total. The van der Waals surface area contributed by atoms with E-state index < -0.39 is 5.56 Å². The van der Waals surface area contributed by atoms with Crippen molar-refractivity contribution >= 4 is 22.5 Å². The third-order valence-corrected chi connectivity index (χ3v) is 6.25. The molecule has 2 N–H and O–H groups in total. The molecule has 0 aliphatic heterocycles. The van der Waals surface area contributed by atoms with Gasteiger partial charge in [0.05, 0.1) is 29.0 Å². The van der Waals surface area contributed by atoms with Crippen LogP contribution in [-0.2, 0) is 13.2 Å². The van der Waals surface area contributed by atoms with Crippen LogP contribution >= 0.6 is 11.6 Å². The lowest BCUT2D eigenvalue weighted by Gasteiger charge is -2.15. The molecule has 10 heteroatoms. The van der Waals surface area contributed by atoms with Crippen molar-refractivity contribution in [3.63, 3.8) is 0 Å². The summed E-state index contributed by atoms with van der Waals surface area (Å²) < 4.78 is 7.55. The molecule has 0 aliphatic carbocycles. The normalized spacial score (nSPS) is 11.0. The van der Waals surface area contributed by atoms with Crippen LogP contribution in [0.25, 0.3) is 22.2 Å². The van der Waals surface area contributed by atoms with Gasteiger partial charge in [-0.1, -0.05) is 11.6 Å². The summed E-state index contributed by atoms with van der Waals surface area (Å²) in [6.07, 6.45) is 3.03. The number of ether oxygens (including phenoxy) is 1. The Morgan fingerprint density at radius 2 is 1.97 bits per heavy atom. The number of hydrogen-bond acceptors (Lipinski definition) is 7. The largest absolute Gasteiger partial charge is 0.504 e. The second-order valence-corrected chi connectivity index (χ2v) is 8.94. The topological polar surface area (TPSA) is 130 Å². The Bertz CT molecular complexity index is 1750. The van der Waals surface area contributed by atoms with Gasteiger partial charge in [0.25, 0.3) is 5.56 Å². The average Bonchev–Trinajstić information content (AvgIpc) is 3.29. The number of aromatic nitrogens is 5. The Hall–Kier alpha value is -4.68. The van der Waals surface area contributed by atoms with Gasteiger partial charge in [0.2, 0.25) is 0 Å². The number of rotatable bonds is 6. The van der Waals surface area contributed by atoms with Gasteiger partial charge in [-0.15, -0.1) is 0 Å². The van der Waals surface area contributed by atoms with Gasteiger partial charge in [0.15, 0.2) is 5.75 Å². The lowest BCUT2D eigenvalue weighted by Crippen LogP contribution is -2.23. The molecule has 0 saturated carbocycles. The van der Waals surface area contributed by atoms with Crippen LogP contribution in [0.15, 0.2) is 59.7 Å². The molecule has 0 aliphatic rings. The number of benzene rings is 1. The Morgan fingerprint density at radius 3 is 2.73 bits per heavy atom. The van der Waals surface area contributed by atoms with Crippen molar-refractivity contribution in [1.82, 2.24) is 24.7 Å². The van der Waals surface area contributed by atoms with E-state index in [2.05, 4.69) is 20.2 Å². The van der Waals surface area contributed by atoms with Crippen molar-refractivity contribution in [2.24, 2.45) is 0 Å². The Labute approximate surface area is 216 Å². The third kappa shape index (κ3) is 4.75. The fourth-order valence-corrected chi connectivity index (χ4v) is 4.49. The van der Waals surface area contributed by atoms with Crippen molar-refractivity contribution in [2.45, 2.75) is 27.0 Å². The molecule has 0 fully saturated rings. The van der Waals surface area contributed by atoms with Crippen molar-refractivity contribution in [3.05, 3.63) is 98.4 Å². The zero-order valence-electron chi connectivity index (χ0n) is 20.0. The minimum atomic E-state index is -0.400. The van der Waals surface area contributed by atoms with Crippen molar-refractivity contribution in [2.75, 3.05) is 0 Å². The molecule has 5 rings (SSSR count). The number of fused-ring (bicyclic) bond motifs is 1. The molecule has 0 spiro atoms. The number of pyridine rings is 3. The van der Waals surface area contributed by atoms with Gasteiger partial charge < -0.3 is 14.4 Å². The van der Waals surface area contributed by atoms with E-state index >= 15 is 0 Å². The van der Waals surface area contributed by atoms with E-state index in [1.807, 2.05) is 38.1 Å². The molecule has 4 aromatic heterocycles. The van der Waals surface area contributed by atoms with Gasteiger partial charge in [0.1, 0.15) is 29.7 Å². The fraction of sp³-hybridized carbons (Fsp3) is 0.148. The average molecular weight is 513 g/mol. The minimum absolute atomic E-state index is 0.0380.